The lowest BCUT2D eigenvalue weighted by atomic mass is 10.1. The average molecular weight is 575 g/mol. The molecule has 3 aromatic heterocycles. The Labute approximate surface area is 245 Å². The SMILES string of the molecule is COc1cc(-c2nc(Cn3cc(CN4C(=O)c5ccccc5C4=O)nn3)cc3c2[nH]c2ccccc23)cc(OC)c1OC. The van der Waals surface area contributed by atoms with E-state index in [0.717, 1.165) is 33.1 Å². The van der Waals surface area contributed by atoms with E-state index < -0.39 is 0 Å². The highest BCUT2D eigenvalue weighted by Gasteiger charge is 2.35. The molecule has 0 saturated heterocycles. The molecule has 2 amide bonds. The molecule has 11 nitrogen and oxygen atoms in total. The smallest absolute Gasteiger partial charge is 0.261 e. The summed E-state index contributed by atoms with van der Waals surface area (Å²) in [5.41, 5.74) is 5.35. The van der Waals surface area contributed by atoms with Crippen molar-refractivity contribution in [1.82, 2.24) is 29.9 Å². The Hall–Kier alpha value is -5.71. The third kappa shape index (κ3) is 4.33. The van der Waals surface area contributed by atoms with E-state index in [1.54, 1.807) is 56.5 Å². The number of nitrogens with zero attached hydrogens (tertiary/aromatic N) is 5. The number of rotatable bonds is 8. The molecule has 6 aromatic rings. The number of carbonyl (C=O) groups excluding carboxylic acids is 2. The number of carbonyl (C=O) groups is 2. The second-order valence-electron chi connectivity index (χ2n) is 10.1. The van der Waals surface area contributed by atoms with E-state index in [9.17, 15) is 9.59 Å². The zero-order valence-electron chi connectivity index (χ0n) is 23.6. The first kappa shape index (κ1) is 26.2. The van der Waals surface area contributed by atoms with Crippen LogP contribution >= 0.6 is 0 Å². The number of ether oxygens (including phenoxy) is 3. The molecule has 3 aromatic carbocycles. The number of nitrogens with one attached hydrogen (secondary N) is 1. The first-order chi connectivity index (χ1) is 21.0. The molecular formula is C32H26N6O5. The number of aromatic amines is 1. The lowest BCUT2D eigenvalue weighted by Crippen LogP contribution is -2.29. The molecule has 0 unspecified atom stereocenters. The number of pyridine rings is 1. The van der Waals surface area contributed by atoms with Crippen molar-refractivity contribution in [3.8, 4) is 28.5 Å². The van der Waals surface area contributed by atoms with Gasteiger partial charge in [0.25, 0.3) is 11.8 Å². The van der Waals surface area contributed by atoms with Gasteiger partial charge in [-0.05, 0) is 36.4 Å². The molecule has 214 valence electrons. The summed E-state index contributed by atoms with van der Waals surface area (Å²) in [5, 5.41) is 10.6. The van der Waals surface area contributed by atoms with Crippen LogP contribution in [-0.4, -0.2) is 63.0 Å². The Morgan fingerprint density at radius 3 is 2.12 bits per heavy atom. The Bertz CT molecular complexity index is 2000. The van der Waals surface area contributed by atoms with Gasteiger partial charge in [-0.15, -0.1) is 5.10 Å². The van der Waals surface area contributed by atoms with Crippen LogP contribution in [0.25, 0.3) is 33.1 Å². The molecule has 0 atom stereocenters. The fraction of sp³-hybridized carbons (Fsp3) is 0.156. The van der Waals surface area contributed by atoms with Crippen LogP contribution in [-0.2, 0) is 13.1 Å². The molecule has 1 aliphatic rings. The van der Waals surface area contributed by atoms with E-state index >= 15 is 0 Å². The molecule has 0 spiro atoms. The van der Waals surface area contributed by atoms with E-state index in [1.165, 1.54) is 4.90 Å². The van der Waals surface area contributed by atoms with Crippen LogP contribution in [0.4, 0.5) is 0 Å². The Balaban J connectivity index is 1.26. The number of aromatic nitrogens is 5. The monoisotopic (exact) mass is 574 g/mol. The second-order valence-corrected chi connectivity index (χ2v) is 10.1. The van der Waals surface area contributed by atoms with Crippen LogP contribution in [0.2, 0.25) is 0 Å². The Morgan fingerprint density at radius 1 is 0.767 bits per heavy atom. The molecule has 43 heavy (non-hydrogen) atoms. The van der Waals surface area contributed by atoms with Gasteiger partial charge in [-0.1, -0.05) is 35.5 Å². The molecule has 11 heteroatoms. The summed E-state index contributed by atoms with van der Waals surface area (Å²) in [6, 6.07) is 20.6. The molecule has 1 aliphatic heterocycles. The zero-order chi connectivity index (χ0) is 29.7. The maximum absolute atomic E-state index is 12.8. The van der Waals surface area contributed by atoms with Gasteiger partial charge in [0.15, 0.2) is 11.5 Å². The maximum Gasteiger partial charge on any atom is 0.261 e. The summed E-state index contributed by atoms with van der Waals surface area (Å²) in [5.74, 6) is 0.851. The predicted molar refractivity (Wildman–Crippen MR) is 158 cm³/mol. The van der Waals surface area contributed by atoms with Gasteiger partial charge in [0.1, 0.15) is 5.69 Å². The number of hydrogen-bond donors (Lipinski definition) is 1. The van der Waals surface area contributed by atoms with Gasteiger partial charge in [0.2, 0.25) is 5.75 Å². The first-order valence-corrected chi connectivity index (χ1v) is 13.5. The van der Waals surface area contributed by atoms with Crippen molar-refractivity contribution in [1.29, 1.82) is 0 Å². The maximum atomic E-state index is 12.8. The lowest BCUT2D eigenvalue weighted by molar-refractivity contribution is 0.0640. The van der Waals surface area contributed by atoms with Crippen molar-refractivity contribution in [2.75, 3.05) is 21.3 Å². The molecule has 0 aliphatic carbocycles. The molecule has 0 radical (unpaired) electrons. The minimum Gasteiger partial charge on any atom is -0.493 e. The largest absolute Gasteiger partial charge is 0.493 e. The number of methoxy groups -OCH3 is 3. The van der Waals surface area contributed by atoms with Gasteiger partial charge >= 0.3 is 0 Å². The van der Waals surface area contributed by atoms with Crippen molar-refractivity contribution < 1.29 is 23.8 Å². The van der Waals surface area contributed by atoms with Crippen molar-refractivity contribution in [2.45, 2.75) is 13.1 Å². The van der Waals surface area contributed by atoms with E-state index in [2.05, 4.69) is 21.4 Å². The lowest BCUT2D eigenvalue weighted by Gasteiger charge is -2.15. The van der Waals surface area contributed by atoms with Gasteiger partial charge in [-0.3, -0.25) is 14.5 Å². The molecule has 0 fully saturated rings. The van der Waals surface area contributed by atoms with Gasteiger partial charge in [0, 0.05) is 21.9 Å². The van der Waals surface area contributed by atoms with Gasteiger partial charge in [-0.2, -0.15) is 0 Å². The molecule has 7 rings (SSSR count). The summed E-state index contributed by atoms with van der Waals surface area (Å²) in [4.78, 5) is 35.4. The highest BCUT2D eigenvalue weighted by Crippen LogP contribution is 2.42. The van der Waals surface area contributed by atoms with Crippen molar-refractivity contribution >= 4 is 33.6 Å². The van der Waals surface area contributed by atoms with Crippen LogP contribution in [0.5, 0.6) is 17.2 Å². The summed E-state index contributed by atoms with van der Waals surface area (Å²) in [6.07, 6.45) is 1.73. The van der Waals surface area contributed by atoms with Crippen molar-refractivity contribution in [3.05, 3.63) is 95.4 Å². The van der Waals surface area contributed by atoms with Gasteiger partial charge in [0.05, 0.1) is 68.6 Å². The highest BCUT2D eigenvalue weighted by molar-refractivity contribution is 6.21. The number of hydrogen-bond acceptors (Lipinski definition) is 8. The fourth-order valence-corrected chi connectivity index (χ4v) is 5.61. The molecule has 4 heterocycles. The Morgan fingerprint density at radius 2 is 1.44 bits per heavy atom. The normalized spacial score (nSPS) is 12.8. The minimum absolute atomic E-state index is 0.0257. The molecule has 1 N–H and O–H groups in total. The fourth-order valence-electron chi connectivity index (χ4n) is 5.61. The summed E-state index contributed by atoms with van der Waals surface area (Å²) < 4.78 is 18.4. The van der Waals surface area contributed by atoms with Crippen LogP contribution < -0.4 is 14.2 Å². The van der Waals surface area contributed by atoms with E-state index in [4.69, 9.17) is 19.2 Å². The topological polar surface area (TPSA) is 124 Å². The Kier molecular flexibility index (Phi) is 6.27. The molecule has 0 bridgehead atoms. The van der Waals surface area contributed by atoms with Gasteiger partial charge < -0.3 is 19.2 Å². The van der Waals surface area contributed by atoms with E-state index in [1.807, 2.05) is 36.4 Å². The van der Waals surface area contributed by atoms with Gasteiger partial charge in [-0.25, -0.2) is 9.67 Å². The average Bonchev–Trinajstić information content (AvgIpc) is 3.71. The number of benzene rings is 3. The third-order valence-electron chi connectivity index (χ3n) is 7.60. The third-order valence-corrected chi connectivity index (χ3v) is 7.60. The number of H-pyrrole nitrogens is 1. The summed E-state index contributed by atoms with van der Waals surface area (Å²) in [6.45, 7) is 0.333. The van der Waals surface area contributed by atoms with Crippen LogP contribution in [0, 0.1) is 0 Å². The standard InChI is InChI=1S/C32H26N6O5/c1-41-26-12-18(13-27(42-2)30(26)43-3)28-29-24(21-8-6-7-11-25(21)34-29)14-19(33-28)15-37-16-20(35-36-37)17-38-31(39)22-9-4-5-10-23(22)32(38)40/h4-14,16,34H,15,17H2,1-3H3. The number of fused-ring (bicyclic) bond motifs is 4. The number of imide groups is 1. The van der Waals surface area contributed by atoms with Crippen LogP contribution in [0.15, 0.2) is 72.9 Å². The van der Waals surface area contributed by atoms with Crippen molar-refractivity contribution in [3.63, 3.8) is 0 Å². The molecule has 0 saturated carbocycles. The van der Waals surface area contributed by atoms with Crippen LogP contribution in [0.3, 0.4) is 0 Å². The number of amides is 2. The first-order valence-electron chi connectivity index (χ1n) is 13.5. The zero-order valence-corrected chi connectivity index (χ0v) is 23.6. The minimum atomic E-state index is -0.336. The quantitative estimate of drug-likeness (QED) is 0.256. The highest BCUT2D eigenvalue weighted by atomic mass is 16.5. The summed E-state index contributed by atoms with van der Waals surface area (Å²) in [7, 11) is 4.72. The second kappa shape index (κ2) is 10.3. The summed E-state index contributed by atoms with van der Waals surface area (Å²) >= 11 is 0. The van der Waals surface area contributed by atoms with E-state index in [-0.39, 0.29) is 18.4 Å². The van der Waals surface area contributed by atoms with Crippen LogP contribution in [0.1, 0.15) is 32.1 Å². The van der Waals surface area contributed by atoms with E-state index in [0.29, 0.717) is 46.3 Å². The number of para-hydroxylation sites is 1. The molecular weight excluding hydrogens is 548 g/mol. The predicted octanol–water partition coefficient (Wildman–Crippen LogP) is 4.84. The van der Waals surface area contributed by atoms with Crippen molar-refractivity contribution in [2.24, 2.45) is 0 Å².